The van der Waals surface area contributed by atoms with Gasteiger partial charge in [0.25, 0.3) is 0 Å². The SMILES string of the molecule is CCC(=O)N(C)Cc1ccoc1C. The van der Waals surface area contributed by atoms with E-state index in [0.717, 1.165) is 11.3 Å². The molecule has 0 N–H and O–H groups in total. The predicted molar refractivity (Wildman–Crippen MR) is 50.2 cm³/mol. The van der Waals surface area contributed by atoms with E-state index in [-0.39, 0.29) is 5.91 Å². The zero-order valence-corrected chi connectivity index (χ0v) is 8.33. The Morgan fingerprint density at radius 2 is 2.31 bits per heavy atom. The maximum atomic E-state index is 11.2. The van der Waals surface area contributed by atoms with E-state index in [1.54, 1.807) is 18.2 Å². The summed E-state index contributed by atoms with van der Waals surface area (Å²) in [5, 5.41) is 0. The van der Waals surface area contributed by atoms with Gasteiger partial charge in [0.05, 0.1) is 6.26 Å². The first kappa shape index (κ1) is 9.84. The zero-order chi connectivity index (χ0) is 9.84. The van der Waals surface area contributed by atoms with Crippen LogP contribution in [0.2, 0.25) is 0 Å². The average molecular weight is 181 g/mol. The van der Waals surface area contributed by atoms with E-state index in [2.05, 4.69) is 0 Å². The fourth-order valence-electron chi connectivity index (χ4n) is 1.19. The van der Waals surface area contributed by atoms with Gasteiger partial charge in [-0.3, -0.25) is 4.79 Å². The Hall–Kier alpha value is -1.25. The summed E-state index contributed by atoms with van der Waals surface area (Å²) in [7, 11) is 1.80. The van der Waals surface area contributed by atoms with Crippen LogP contribution in [0.5, 0.6) is 0 Å². The van der Waals surface area contributed by atoms with E-state index in [0.29, 0.717) is 13.0 Å². The summed E-state index contributed by atoms with van der Waals surface area (Å²) in [5.74, 6) is 1.04. The first-order valence-corrected chi connectivity index (χ1v) is 4.42. The predicted octanol–water partition coefficient (Wildman–Crippen LogP) is 1.96. The van der Waals surface area contributed by atoms with Gasteiger partial charge in [-0.2, -0.15) is 0 Å². The third-order valence-electron chi connectivity index (χ3n) is 2.10. The molecule has 0 aliphatic carbocycles. The molecule has 0 fully saturated rings. The molecular weight excluding hydrogens is 166 g/mol. The molecule has 1 amide bonds. The van der Waals surface area contributed by atoms with Crippen LogP contribution in [0.4, 0.5) is 0 Å². The molecule has 0 unspecified atom stereocenters. The summed E-state index contributed by atoms with van der Waals surface area (Å²) in [5.41, 5.74) is 1.07. The molecule has 0 saturated heterocycles. The number of carbonyl (C=O) groups is 1. The first-order chi connectivity index (χ1) is 6.15. The van der Waals surface area contributed by atoms with Crippen molar-refractivity contribution in [1.82, 2.24) is 4.90 Å². The number of furan rings is 1. The molecular formula is C10H15NO2. The van der Waals surface area contributed by atoms with Gasteiger partial charge in [0.15, 0.2) is 0 Å². The van der Waals surface area contributed by atoms with Crippen molar-refractivity contribution in [2.45, 2.75) is 26.8 Å². The van der Waals surface area contributed by atoms with E-state index in [1.165, 1.54) is 0 Å². The number of aryl methyl sites for hydroxylation is 1. The molecule has 0 aliphatic rings. The number of hydrogen-bond acceptors (Lipinski definition) is 2. The fourth-order valence-corrected chi connectivity index (χ4v) is 1.19. The van der Waals surface area contributed by atoms with Crippen molar-refractivity contribution in [1.29, 1.82) is 0 Å². The van der Waals surface area contributed by atoms with Gasteiger partial charge in [0.2, 0.25) is 5.91 Å². The molecule has 0 radical (unpaired) electrons. The Balaban J connectivity index is 2.59. The van der Waals surface area contributed by atoms with Gasteiger partial charge in [-0.15, -0.1) is 0 Å². The van der Waals surface area contributed by atoms with Crippen LogP contribution in [-0.2, 0) is 11.3 Å². The first-order valence-electron chi connectivity index (χ1n) is 4.42. The van der Waals surface area contributed by atoms with Crippen molar-refractivity contribution in [2.24, 2.45) is 0 Å². The average Bonchev–Trinajstić information content (AvgIpc) is 2.50. The van der Waals surface area contributed by atoms with Crippen molar-refractivity contribution in [3.8, 4) is 0 Å². The molecule has 1 rings (SSSR count). The number of amides is 1. The van der Waals surface area contributed by atoms with Gasteiger partial charge in [-0.1, -0.05) is 6.92 Å². The normalized spacial score (nSPS) is 10.1. The molecule has 0 spiro atoms. The maximum Gasteiger partial charge on any atom is 0.222 e. The molecule has 0 saturated carbocycles. The van der Waals surface area contributed by atoms with E-state index < -0.39 is 0 Å². The minimum absolute atomic E-state index is 0.153. The number of hydrogen-bond donors (Lipinski definition) is 0. The van der Waals surface area contributed by atoms with Gasteiger partial charge < -0.3 is 9.32 Å². The van der Waals surface area contributed by atoms with Crippen molar-refractivity contribution in [3.63, 3.8) is 0 Å². The standard InChI is InChI=1S/C10H15NO2/c1-4-10(12)11(3)7-9-5-6-13-8(9)2/h5-6H,4,7H2,1-3H3. The third kappa shape index (κ3) is 2.34. The molecule has 0 aromatic carbocycles. The largest absolute Gasteiger partial charge is 0.469 e. The quantitative estimate of drug-likeness (QED) is 0.714. The molecule has 0 atom stereocenters. The molecule has 0 bridgehead atoms. The van der Waals surface area contributed by atoms with Gasteiger partial charge in [0.1, 0.15) is 5.76 Å². The van der Waals surface area contributed by atoms with E-state index >= 15 is 0 Å². The summed E-state index contributed by atoms with van der Waals surface area (Å²) >= 11 is 0. The Labute approximate surface area is 78.3 Å². The van der Waals surface area contributed by atoms with Crippen molar-refractivity contribution in [3.05, 3.63) is 23.7 Å². The number of nitrogens with zero attached hydrogens (tertiary/aromatic N) is 1. The molecule has 1 heterocycles. The van der Waals surface area contributed by atoms with Crippen LogP contribution < -0.4 is 0 Å². The summed E-state index contributed by atoms with van der Waals surface area (Å²) in [6, 6.07) is 1.90. The van der Waals surface area contributed by atoms with Gasteiger partial charge >= 0.3 is 0 Å². The van der Waals surface area contributed by atoms with Crippen LogP contribution in [0, 0.1) is 6.92 Å². The molecule has 3 nitrogen and oxygen atoms in total. The molecule has 72 valence electrons. The van der Waals surface area contributed by atoms with Crippen LogP contribution in [0.3, 0.4) is 0 Å². The second kappa shape index (κ2) is 4.12. The second-order valence-electron chi connectivity index (χ2n) is 3.11. The molecule has 13 heavy (non-hydrogen) atoms. The Bertz CT molecular complexity index is 291. The monoisotopic (exact) mass is 181 g/mol. The van der Waals surface area contributed by atoms with Crippen LogP contribution in [0.1, 0.15) is 24.7 Å². The highest BCUT2D eigenvalue weighted by molar-refractivity contribution is 5.75. The van der Waals surface area contributed by atoms with E-state index in [1.807, 2.05) is 19.9 Å². The summed E-state index contributed by atoms with van der Waals surface area (Å²) in [6.45, 7) is 4.40. The van der Waals surface area contributed by atoms with Crippen molar-refractivity contribution in [2.75, 3.05) is 7.05 Å². The highest BCUT2D eigenvalue weighted by atomic mass is 16.3. The molecule has 0 aliphatic heterocycles. The van der Waals surface area contributed by atoms with Crippen LogP contribution >= 0.6 is 0 Å². The minimum Gasteiger partial charge on any atom is -0.469 e. The maximum absolute atomic E-state index is 11.2. The zero-order valence-electron chi connectivity index (χ0n) is 8.33. The summed E-state index contributed by atoms with van der Waals surface area (Å²) in [6.07, 6.45) is 2.20. The second-order valence-corrected chi connectivity index (χ2v) is 3.11. The highest BCUT2D eigenvalue weighted by Crippen LogP contribution is 2.11. The van der Waals surface area contributed by atoms with E-state index in [9.17, 15) is 4.79 Å². The summed E-state index contributed by atoms with van der Waals surface area (Å²) in [4.78, 5) is 13.0. The van der Waals surface area contributed by atoms with Crippen LogP contribution in [0.15, 0.2) is 16.7 Å². The lowest BCUT2D eigenvalue weighted by Crippen LogP contribution is -2.25. The van der Waals surface area contributed by atoms with Crippen molar-refractivity contribution >= 4 is 5.91 Å². The van der Waals surface area contributed by atoms with Gasteiger partial charge in [-0.25, -0.2) is 0 Å². The minimum atomic E-state index is 0.153. The Kier molecular flexibility index (Phi) is 3.12. The third-order valence-corrected chi connectivity index (χ3v) is 2.10. The highest BCUT2D eigenvalue weighted by Gasteiger charge is 2.09. The van der Waals surface area contributed by atoms with Crippen LogP contribution in [0.25, 0.3) is 0 Å². The smallest absolute Gasteiger partial charge is 0.222 e. The fraction of sp³-hybridized carbons (Fsp3) is 0.500. The number of rotatable bonds is 3. The van der Waals surface area contributed by atoms with E-state index in [4.69, 9.17) is 4.42 Å². The van der Waals surface area contributed by atoms with Gasteiger partial charge in [-0.05, 0) is 13.0 Å². The topological polar surface area (TPSA) is 33.5 Å². The lowest BCUT2D eigenvalue weighted by Gasteiger charge is -2.15. The molecule has 1 aromatic heterocycles. The van der Waals surface area contributed by atoms with Crippen molar-refractivity contribution < 1.29 is 9.21 Å². The molecule has 3 heteroatoms. The van der Waals surface area contributed by atoms with Crippen LogP contribution in [-0.4, -0.2) is 17.9 Å². The number of carbonyl (C=O) groups excluding carboxylic acids is 1. The summed E-state index contributed by atoms with van der Waals surface area (Å²) < 4.78 is 5.14. The lowest BCUT2D eigenvalue weighted by molar-refractivity contribution is -0.130. The Morgan fingerprint density at radius 3 is 2.77 bits per heavy atom. The lowest BCUT2D eigenvalue weighted by atomic mass is 10.2. The Morgan fingerprint density at radius 1 is 1.62 bits per heavy atom. The van der Waals surface area contributed by atoms with Gasteiger partial charge in [0, 0.05) is 25.6 Å². The molecule has 1 aromatic rings.